The van der Waals surface area contributed by atoms with Gasteiger partial charge in [0, 0.05) is 42.4 Å². The number of benzene rings is 1. The lowest BCUT2D eigenvalue weighted by Crippen LogP contribution is -2.54. The quantitative estimate of drug-likeness (QED) is 0.461. The molecule has 204 valence electrons. The minimum atomic E-state index is -0.450. The van der Waals surface area contributed by atoms with Crippen molar-refractivity contribution < 1.29 is 19.1 Å². The zero-order valence-corrected chi connectivity index (χ0v) is 23.9. The highest BCUT2D eigenvalue weighted by molar-refractivity contribution is 5.95. The topological polar surface area (TPSA) is 62.3 Å². The van der Waals surface area contributed by atoms with E-state index in [2.05, 4.69) is 25.6 Å². The highest BCUT2D eigenvalue weighted by Crippen LogP contribution is 2.47. The van der Waals surface area contributed by atoms with Gasteiger partial charge in [0.05, 0.1) is 32.1 Å². The molecule has 0 aromatic heterocycles. The van der Waals surface area contributed by atoms with Crippen molar-refractivity contribution in [2.45, 2.75) is 53.0 Å². The third-order valence-electron chi connectivity index (χ3n) is 8.19. The molecular weight excluding hydrogens is 478 g/mol. The molecule has 0 bridgehead atoms. The van der Waals surface area contributed by atoms with Crippen LogP contribution >= 0.6 is 0 Å². The molecule has 3 aliphatic heterocycles. The molecule has 7 nitrogen and oxygen atoms in total. The van der Waals surface area contributed by atoms with Crippen LogP contribution in [-0.4, -0.2) is 72.6 Å². The number of carbonyl (C=O) groups excluding carboxylic acids is 2. The summed E-state index contributed by atoms with van der Waals surface area (Å²) < 4.78 is 11.0. The average molecular weight is 520 g/mol. The van der Waals surface area contributed by atoms with Gasteiger partial charge in [0.15, 0.2) is 0 Å². The lowest BCUT2D eigenvalue weighted by Gasteiger charge is -2.44. The number of hydrogen-bond donors (Lipinski definition) is 0. The van der Waals surface area contributed by atoms with E-state index in [9.17, 15) is 9.59 Å². The molecule has 1 aromatic carbocycles. The monoisotopic (exact) mass is 519 g/mol. The lowest BCUT2D eigenvalue weighted by molar-refractivity contribution is 0.0575. The third kappa shape index (κ3) is 4.74. The van der Waals surface area contributed by atoms with Crippen LogP contribution < -0.4 is 0 Å². The molecule has 4 rings (SSSR count). The zero-order chi connectivity index (χ0) is 27.8. The fourth-order valence-corrected chi connectivity index (χ4v) is 6.38. The highest BCUT2D eigenvalue weighted by atomic mass is 16.5. The standard InChI is InChI=1S/C31H41N3O4/c1-9-34-30(36)33-19-26(18-23(5)37-7)28(24(6)38-8)22(4)17-27(33)31(34)10-12-32(13-11-31)29(35)25-15-20(2)14-21(3)16-25/h14-18,22H,6,9-13,19H2,1-5,7-8H3/b23-18+/t22-/m0/s1. The number of carbonyl (C=O) groups is 2. The molecule has 0 radical (unpaired) electrons. The Kier molecular flexibility index (Phi) is 7.77. The lowest BCUT2D eigenvalue weighted by atomic mass is 9.81. The van der Waals surface area contributed by atoms with E-state index in [0.717, 1.165) is 39.3 Å². The van der Waals surface area contributed by atoms with E-state index in [1.165, 1.54) is 0 Å². The van der Waals surface area contributed by atoms with Crippen LogP contribution in [0.1, 0.15) is 55.1 Å². The van der Waals surface area contributed by atoms with Gasteiger partial charge in [0.25, 0.3) is 5.91 Å². The first-order valence-electron chi connectivity index (χ1n) is 13.4. The number of methoxy groups -OCH3 is 2. The normalized spacial score (nSPS) is 21.4. The van der Waals surface area contributed by atoms with Crippen molar-refractivity contribution in [1.82, 2.24) is 14.7 Å². The minimum Gasteiger partial charge on any atom is -0.501 e. The molecule has 1 aromatic rings. The van der Waals surface area contributed by atoms with Crippen molar-refractivity contribution in [2.75, 3.05) is 40.4 Å². The number of nitrogens with zero attached hydrogens (tertiary/aromatic N) is 3. The predicted molar refractivity (Wildman–Crippen MR) is 149 cm³/mol. The van der Waals surface area contributed by atoms with E-state index < -0.39 is 5.54 Å². The number of aryl methyl sites for hydroxylation is 2. The van der Waals surface area contributed by atoms with Gasteiger partial charge in [-0.3, -0.25) is 9.69 Å². The van der Waals surface area contributed by atoms with E-state index in [-0.39, 0.29) is 17.9 Å². The molecule has 3 heterocycles. The van der Waals surface area contributed by atoms with Gasteiger partial charge >= 0.3 is 6.03 Å². The molecule has 3 aliphatic rings. The Bertz CT molecular complexity index is 1210. The smallest absolute Gasteiger partial charge is 0.325 e. The second-order valence-corrected chi connectivity index (χ2v) is 10.7. The van der Waals surface area contributed by atoms with Gasteiger partial charge in [0.1, 0.15) is 5.76 Å². The molecule has 0 aliphatic carbocycles. The minimum absolute atomic E-state index is 0.00489. The van der Waals surface area contributed by atoms with Crippen LogP contribution in [0.5, 0.6) is 0 Å². The molecular formula is C31H41N3O4. The number of fused-ring (bicyclic) bond motifs is 2. The Morgan fingerprint density at radius 2 is 1.76 bits per heavy atom. The molecule has 38 heavy (non-hydrogen) atoms. The van der Waals surface area contributed by atoms with E-state index >= 15 is 0 Å². The maximum atomic E-state index is 13.9. The third-order valence-corrected chi connectivity index (χ3v) is 8.19. The number of ether oxygens (including phenoxy) is 2. The molecule has 0 saturated carbocycles. The molecule has 2 saturated heterocycles. The van der Waals surface area contributed by atoms with E-state index in [1.54, 1.807) is 14.2 Å². The Balaban J connectivity index is 1.68. The van der Waals surface area contributed by atoms with Gasteiger partial charge in [-0.05, 0) is 64.3 Å². The maximum Gasteiger partial charge on any atom is 0.325 e. The van der Waals surface area contributed by atoms with Crippen molar-refractivity contribution in [3.05, 3.63) is 82.0 Å². The molecule has 0 unspecified atom stereocenters. The first kappa shape index (κ1) is 27.6. The number of allylic oxidation sites excluding steroid dienone is 3. The number of likely N-dealkylation sites (tertiary alicyclic amines) is 1. The summed E-state index contributed by atoms with van der Waals surface area (Å²) in [7, 11) is 3.27. The zero-order valence-electron chi connectivity index (χ0n) is 23.9. The molecule has 0 N–H and O–H groups in total. The van der Waals surface area contributed by atoms with Gasteiger partial charge in [-0.25, -0.2) is 4.79 Å². The Morgan fingerprint density at radius 3 is 2.32 bits per heavy atom. The van der Waals surface area contributed by atoms with Crippen molar-refractivity contribution in [2.24, 2.45) is 5.92 Å². The summed E-state index contributed by atoms with van der Waals surface area (Å²) in [5.74, 6) is 1.38. The molecule has 1 spiro atoms. The van der Waals surface area contributed by atoms with E-state index in [1.807, 2.05) is 60.6 Å². The Morgan fingerprint density at radius 1 is 1.13 bits per heavy atom. The SMILES string of the molecule is C=C(OC)C1=C(/C=C(\C)OC)CN2C(=O)N(CC)C3(CCN(C(=O)c4cc(C)cc(C)c4)CC3)C2=C[C@@H]1C. The van der Waals surface area contributed by atoms with Gasteiger partial charge < -0.3 is 19.3 Å². The van der Waals surface area contributed by atoms with Crippen LogP contribution in [-0.2, 0) is 9.47 Å². The summed E-state index contributed by atoms with van der Waals surface area (Å²) in [5.41, 5.74) is 5.41. The predicted octanol–water partition coefficient (Wildman–Crippen LogP) is 5.58. The van der Waals surface area contributed by atoms with Crippen molar-refractivity contribution in [3.8, 4) is 0 Å². The molecule has 1 atom stereocenters. The van der Waals surface area contributed by atoms with Gasteiger partial charge in [-0.15, -0.1) is 0 Å². The Labute approximate surface area is 227 Å². The van der Waals surface area contributed by atoms with Crippen molar-refractivity contribution in [1.29, 1.82) is 0 Å². The number of hydrogen-bond acceptors (Lipinski definition) is 4. The summed E-state index contributed by atoms with van der Waals surface area (Å²) in [6.45, 7) is 16.5. The first-order chi connectivity index (χ1) is 18.1. The van der Waals surface area contributed by atoms with Gasteiger partial charge in [-0.1, -0.05) is 36.8 Å². The fraction of sp³-hybridized carbons (Fsp3) is 0.484. The van der Waals surface area contributed by atoms with Crippen LogP contribution in [0.2, 0.25) is 0 Å². The number of rotatable bonds is 6. The highest BCUT2D eigenvalue weighted by Gasteiger charge is 2.55. The van der Waals surface area contributed by atoms with Crippen LogP contribution in [0.4, 0.5) is 4.79 Å². The summed E-state index contributed by atoms with van der Waals surface area (Å²) in [5, 5.41) is 0. The second-order valence-electron chi connectivity index (χ2n) is 10.7. The summed E-state index contributed by atoms with van der Waals surface area (Å²) in [6, 6.07) is 6.01. The summed E-state index contributed by atoms with van der Waals surface area (Å²) in [4.78, 5) is 33.1. The van der Waals surface area contributed by atoms with Gasteiger partial charge in [0.2, 0.25) is 0 Å². The number of urea groups is 1. The van der Waals surface area contributed by atoms with Crippen LogP contribution in [0.3, 0.4) is 0 Å². The first-order valence-corrected chi connectivity index (χ1v) is 13.4. The number of amides is 3. The summed E-state index contributed by atoms with van der Waals surface area (Å²) >= 11 is 0. The molecule has 7 heteroatoms. The Hall–Kier alpha value is -3.48. The maximum absolute atomic E-state index is 13.9. The second kappa shape index (κ2) is 10.7. The van der Waals surface area contributed by atoms with Crippen molar-refractivity contribution in [3.63, 3.8) is 0 Å². The molecule has 2 fully saturated rings. The summed E-state index contributed by atoms with van der Waals surface area (Å²) in [6.07, 6.45) is 5.58. The van der Waals surface area contributed by atoms with Crippen LogP contribution in [0, 0.1) is 19.8 Å². The van der Waals surface area contributed by atoms with Crippen LogP contribution in [0.25, 0.3) is 0 Å². The van der Waals surface area contributed by atoms with E-state index in [0.29, 0.717) is 44.8 Å². The fourth-order valence-electron chi connectivity index (χ4n) is 6.38. The number of likely N-dealkylation sites (N-methyl/N-ethyl adjacent to an activating group) is 1. The molecule has 3 amide bonds. The number of piperidine rings is 1. The van der Waals surface area contributed by atoms with Crippen LogP contribution in [0.15, 0.2) is 65.3 Å². The van der Waals surface area contributed by atoms with E-state index in [4.69, 9.17) is 9.47 Å². The van der Waals surface area contributed by atoms with Crippen molar-refractivity contribution >= 4 is 11.9 Å². The average Bonchev–Trinajstić information content (AvgIpc) is 2.99. The van der Waals surface area contributed by atoms with Gasteiger partial charge in [-0.2, -0.15) is 0 Å². The largest absolute Gasteiger partial charge is 0.501 e.